The monoisotopic (exact) mass is 297 g/mol. The second kappa shape index (κ2) is 6.10. The number of hydrogen-bond acceptors (Lipinski definition) is 5. The van der Waals surface area contributed by atoms with Gasteiger partial charge in [0.25, 0.3) is 0 Å². The first-order valence-corrected chi connectivity index (χ1v) is 6.55. The van der Waals surface area contributed by atoms with Gasteiger partial charge in [0.05, 0.1) is 22.6 Å². The number of carbonyl (C=O) groups is 1. The van der Waals surface area contributed by atoms with Crippen molar-refractivity contribution in [3.63, 3.8) is 0 Å². The highest BCUT2D eigenvalue weighted by Crippen LogP contribution is 2.21. The van der Waals surface area contributed by atoms with Crippen LogP contribution in [0.25, 0.3) is 0 Å². The van der Waals surface area contributed by atoms with E-state index in [0.29, 0.717) is 10.4 Å². The smallest absolute Gasteiger partial charge is 0.337 e. The largest absolute Gasteiger partial charge is 0.478 e. The third-order valence-corrected chi connectivity index (χ3v) is 4.12. The number of carboxylic acids is 1. The maximum absolute atomic E-state index is 13.2. The van der Waals surface area contributed by atoms with Crippen molar-refractivity contribution >= 4 is 16.0 Å². The second-order valence-electron chi connectivity index (χ2n) is 3.53. The SMILES string of the molecule is N#CCN(CC#N)S(=O)(=O)c1cc(F)ccc1C(=O)O. The Morgan fingerprint density at radius 2 is 1.85 bits per heavy atom. The van der Waals surface area contributed by atoms with Gasteiger partial charge in [0.1, 0.15) is 18.9 Å². The Morgan fingerprint density at radius 3 is 2.30 bits per heavy atom. The molecule has 104 valence electrons. The highest BCUT2D eigenvalue weighted by molar-refractivity contribution is 7.89. The Bertz CT molecular complexity index is 702. The average Bonchev–Trinajstić information content (AvgIpc) is 2.38. The van der Waals surface area contributed by atoms with Crippen molar-refractivity contribution < 1.29 is 22.7 Å². The molecule has 0 saturated carbocycles. The minimum atomic E-state index is -4.46. The molecule has 0 aliphatic carbocycles. The molecule has 0 aliphatic rings. The summed E-state index contributed by atoms with van der Waals surface area (Å²) in [5.74, 6) is -2.50. The van der Waals surface area contributed by atoms with Gasteiger partial charge in [-0.3, -0.25) is 0 Å². The van der Waals surface area contributed by atoms with Gasteiger partial charge in [-0.2, -0.15) is 14.8 Å². The molecule has 1 N–H and O–H groups in total. The van der Waals surface area contributed by atoms with E-state index in [1.807, 2.05) is 0 Å². The van der Waals surface area contributed by atoms with E-state index in [9.17, 15) is 17.6 Å². The van der Waals surface area contributed by atoms with Crippen LogP contribution in [0.2, 0.25) is 0 Å². The first kappa shape index (κ1) is 15.6. The van der Waals surface area contributed by atoms with Crippen molar-refractivity contribution in [2.75, 3.05) is 13.1 Å². The van der Waals surface area contributed by atoms with E-state index in [1.54, 1.807) is 12.1 Å². The van der Waals surface area contributed by atoms with E-state index >= 15 is 0 Å². The maximum atomic E-state index is 13.2. The van der Waals surface area contributed by atoms with Crippen LogP contribution in [0, 0.1) is 28.5 Å². The minimum absolute atomic E-state index is 0.466. The Morgan fingerprint density at radius 1 is 1.30 bits per heavy atom. The number of hydrogen-bond donors (Lipinski definition) is 1. The summed E-state index contributed by atoms with van der Waals surface area (Å²) in [6, 6.07) is 5.25. The lowest BCUT2D eigenvalue weighted by Gasteiger charge is -2.17. The molecule has 0 atom stereocenters. The molecule has 1 aromatic carbocycles. The van der Waals surface area contributed by atoms with Crippen LogP contribution in [0.5, 0.6) is 0 Å². The van der Waals surface area contributed by atoms with Crippen molar-refractivity contribution in [3.8, 4) is 12.1 Å². The van der Waals surface area contributed by atoms with Crippen LogP contribution in [0.15, 0.2) is 23.1 Å². The zero-order chi connectivity index (χ0) is 15.3. The van der Waals surface area contributed by atoms with Gasteiger partial charge in [0.15, 0.2) is 0 Å². The predicted octanol–water partition coefficient (Wildman–Crippen LogP) is 0.562. The fourth-order valence-corrected chi connectivity index (χ4v) is 2.84. The molecule has 1 rings (SSSR count). The van der Waals surface area contributed by atoms with Gasteiger partial charge in [-0.25, -0.2) is 17.6 Å². The standard InChI is InChI=1S/C11H8FN3O4S/c12-8-1-2-9(11(16)17)10(7-8)20(18,19)15(5-3-13)6-4-14/h1-2,7H,5-6H2,(H,16,17). The minimum Gasteiger partial charge on any atom is -0.478 e. The van der Waals surface area contributed by atoms with Gasteiger partial charge in [-0.05, 0) is 18.2 Å². The molecule has 0 heterocycles. The molecule has 0 fully saturated rings. The number of aromatic carboxylic acids is 1. The number of nitriles is 2. The van der Waals surface area contributed by atoms with Crippen LogP contribution in [-0.4, -0.2) is 36.9 Å². The first-order chi connectivity index (χ1) is 9.34. The number of benzene rings is 1. The highest BCUT2D eigenvalue weighted by atomic mass is 32.2. The number of sulfonamides is 1. The van der Waals surface area contributed by atoms with Crippen LogP contribution in [0.1, 0.15) is 10.4 Å². The molecule has 1 aromatic rings. The van der Waals surface area contributed by atoms with Crippen molar-refractivity contribution in [3.05, 3.63) is 29.6 Å². The lowest BCUT2D eigenvalue weighted by Crippen LogP contribution is -2.33. The van der Waals surface area contributed by atoms with E-state index in [2.05, 4.69) is 0 Å². The Hall–Kier alpha value is -2.49. The van der Waals surface area contributed by atoms with Crippen LogP contribution < -0.4 is 0 Å². The molecule has 0 radical (unpaired) electrons. The van der Waals surface area contributed by atoms with E-state index < -0.39 is 45.4 Å². The van der Waals surface area contributed by atoms with Gasteiger partial charge < -0.3 is 5.11 Å². The lowest BCUT2D eigenvalue weighted by atomic mass is 10.2. The summed E-state index contributed by atoms with van der Waals surface area (Å²) in [5.41, 5.74) is -0.632. The van der Waals surface area contributed by atoms with Crippen LogP contribution in [0.4, 0.5) is 4.39 Å². The Balaban J connectivity index is 3.49. The molecule has 0 aliphatic heterocycles. The molecule has 0 saturated heterocycles. The second-order valence-corrected chi connectivity index (χ2v) is 5.44. The highest BCUT2D eigenvalue weighted by Gasteiger charge is 2.29. The van der Waals surface area contributed by atoms with E-state index in [0.717, 1.165) is 12.1 Å². The third-order valence-electron chi connectivity index (χ3n) is 2.29. The van der Waals surface area contributed by atoms with Crippen molar-refractivity contribution in [2.24, 2.45) is 0 Å². The van der Waals surface area contributed by atoms with Gasteiger partial charge in [0, 0.05) is 0 Å². The normalized spacial score (nSPS) is 10.8. The third kappa shape index (κ3) is 3.09. The molecule has 0 spiro atoms. The summed E-state index contributed by atoms with van der Waals surface area (Å²) < 4.78 is 38.0. The average molecular weight is 297 g/mol. The maximum Gasteiger partial charge on any atom is 0.337 e. The summed E-state index contributed by atoms with van der Waals surface area (Å²) in [5, 5.41) is 26.0. The topological polar surface area (TPSA) is 122 Å². The fraction of sp³-hybridized carbons (Fsp3) is 0.182. The van der Waals surface area contributed by atoms with Crippen molar-refractivity contribution in [1.29, 1.82) is 10.5 Å². The number of nitrogens with zero attached hydrogens (tertiary/aromatic N) is 3. The lowest BCUT2D eigenvalue weighted by molar-refractivity contribution is 0.0692. The van der Waals surface area contributed by atoms with Gasteiger partial charge >= 0.3 is 5.97 Å². The predicted molar refractivity (Wildman–Crippen MR) is 63.3 cm³/mol. The van der Waals surface area contributed by atoms with Crippen molar-refractivity contribution in [1.82, 2.24) is 4.31 Å². The number of halogens is 1. The molecule has 20 heavy (non-hydrogen) atoms. The zero-order valence-corrected chi connectivity index (χ0v) is 10.8. The molecule has 0 aromatic heterocycles. The number of rotatable bonds is 5. The van der Waals surface area contributed by atoms with Gasteiger partial charge in [-0.15, -0.1) is 0 Å². The Kier molecular flexibility index (Phi) is 4.75. The molecule has 0 amide bonds. The fourth-order valence-electron chi connectivity index (χ4n) is 1.41. The summed E-state index contributed by atoms with van der Waals surface area (Å²) >= 11 is 0. The summed E-state index contributed by atoms with van der Waals surface area (Å²) in [4.78, 5) is 10.2. The molecular weight excluding hydrogens is 289 g/mol. The molecule has 9 heteroatoms. The first-order valence-electron chi connectivity index (χ1n) is 5.11. The molecule has 0 unspecified atom stereocenters. The zero-order valence-electron chi connectivity index (χ0n) is 9.95. The van der Waals surface area contributed by atoms with E-state index in [-0.39, 0.29) is 0 Å². The van der Waals surface area contributed by atoms with Gasteiger partial charge in [-0.1, -0.05) is 0 Å². The molecule has 0 bridgehead atoms. The van der Waals surface area contributed by atoms with Crippen LogP contribution in [-0.2, 0) is 10.0 Å². The summed E-state index contributed by atoms with van der Waals surface area (Å²) in [6.45, 7) is -1.29. The molecule has 7 nitrogen and oxygen atoms in total. The molecular formula is C11H8FN3O4S. The summed E-state index contributed by atoms with van der Waals surface area (Å²) in [7, 11) is -4.46. The van der Waals surface area contributed by atoms with Gasteiger partial charge in [0.2, 0.25) is 10.0 Å². The Labute approximate surface area is 114 Å². The van der Waals surface area contributed by atoms with Crippen LogP contribution in [0.3, 0.4) is 0 Å². The van der Waals surface area contributed by atoms with E-state index in [4.69, 9.17) is 15.6 Å². The van der Waals surface area contributed by atoms with Crippen molar-refractivity contribution in [2.45, 2.75) is 4.90 Å². The van der Waals surface area contributed by atoms with E-state index in [1.165, 1.54) is 0 Å². The summed E-state index contributed by atoms with van der Waals surface area (Å²) in [6.07, 6.45) is 0. The number of carboxylic acid groups (broad SMARTS) is 1. The quantitative estimate of drug-likeness (QED) is 0.792. The van der Waals surface area contributed by atoms with Crippen LogP contribution >= 0.6 is 0 Å².